The molecule has 11 nitrogen and oxygen atoms in total. The molecule has 2 fully saturated rings. The predicted octanol–water partition coefficient (Wildman–Crippen LogP) is 6.84. The number of aliphatic imine (C=N–C) groups is 1. The Morgan fingerprint density at radius 3 is 1.72 bits per heavy atom. The first-order valence-corrected chi connectivity index (χ1v) is 19.4. The molecule has 278 valence electrons. The monoisotopic (exact) mass is 723 g/mol. The maximum absolute atomic E-state index is 13.8. The van der Waals surface area contributed by atoms with Crippen LogP contribution in [-0.4, -0.2) is 79.7 Å². The maximum atomic E-state index is 13.8. The number of guanidine groups is 1. The number of carbonyl (C=O) groups is 2. The summed E-state index contributed by atoms with van der Waals surface area (Å²) < 4.78 is 0. The van der Waals surface area contributed by atoms with Crippen LogP contribution >= 0.6 is 0 Å². The number of rotatable bonds is 10. The highest BCUT2D eigenvalue weighted by atomic mass is 16.2. The lowest BCUT2D eigenvalue weighted by Crippen LogP contribution is -2.53. The summed E-state index contributed by atoms with van der Waals surface area (Å²) in [6, 6.07) is 26.5. The third-order valence-corrected chi connectivity index (χ3v) is 11.2. The maximum Gasteiger partial charge on any atom is 0.246 e. The molecule has 4 N–H and O–H groups in total. The number of imidazole rings is 2. The minimum Gasteiger partial charge on any atom is -0.355 e. The van der Waals surface area contributed by atoms with Gasteiger partial charge >= 0.3 is 0 Å². The summed E-state index contributed by atoms with van der Waals surface area (Å²) in [5.41, 5.74) is 7.23. The third kappa shape index (κ3) is 7.14. The van der Waals surface area contributed by atoms with Crippen LogP contribution in [0.2, 0.25) is 0 Å². The number of benzene rings is 3. The van der Waals surface area contributed by atoms with Gasteiger partial charge in [-0.1, -0.05) is 92.7 Å². The smallest absolute Gasteiger partial charge is 0.246 e. The van der Waals surface area contributed by atoms with Gasteiger partial charge in [0.05, 0.1) is 48.3 Å². The molecule has 2 saturated heterocycles. The number of hydrogen-bond acceptors (Lipinski definition) is 7. The van der Waals surface area contributed by atoms with Gasteiger partial charge in [-0.3, -0.25) is 14.6 Å². The molecule has 3 aromatic carbocycles. The van der Waals surface area contributed by atoms with Crippen molar-refractivity contribution in [2.24, 2.45) is 10.9 Å². The standard InChI is InChI=1S/C43H49N9O2/c1-27(2)38(50-43-44-21-22-45-43)42(54)52-24-8-12-37(52)40-47-26-35(49-40)33-19-15-31(16-20-33)30-13-17-32(18-14-30)34-25-46-39(48-34)36-11-7-23-51(36)41(53)28(3)29-9-5-4-6-10-29/h4-6,9-10,13-20,25-28,36-38H,7-8,11-12,21-24H2,1-3H3,(H,46,48)(H,47,49)(H2,44,45,50)/t28-,36+,37+,38+/m1/s1. The lowest BCUT2D eigenvalue weighted by Gasteiger charge is -2.30. The zero-order chi connectivity index (χ0) is 37.2. The van der Waals surface area contributed by atoms with Gasteiger partial charge in [0.25, 0.3) is 0 Å². The van der Waals surface area contributed by atoms with Crippen molar-refractivity contribution in [1.82, 2.24) is 40.4 Å². The average Bonchev–Trinajstić information content (AvgIpc) is 4.05. The van der Waals surface area contributed by atoms with E-state index < -0.39 is 0 Å². The van der Waals surface area contributed by atoms with Crippen molar-refractivity contribution < 1.29 is 9.59 Å². The van der Waals surface area contributed by atoms with Gasteiger partial charge < -0.3 is 30.4 Å². The molecule has 2 amide bonds. The van der Waals surface area contributed by atoms with Gasteiger partial charge in [-0.25, -0.2) is 9.97 Å². The van der Waals surface area contributed by atoms with E-state index in [0.717, 1.165) is 96.2 Å². The minimum absolute atomic E-state index is 0.0462. The number of aromatic nitrogens is 4. The van der Waals surface area contributed by atoms with Crippen LogP contribution in [-0.2, 0) is 9.59 Å². The Labute approximate surface area is 316 Å². The Balaban J connectivity index is 0.913. The van der Waals surface area contributed by atoms with Gasteiger partial charge in [-0.05, 0) is 66.3 Å². The summed E-state index contributed by atoms with van der Waals surface area (Å²) in [4.78, 5) is 52.3. The molecular formula is C43H49N9O2. The highest BCUT2D eigenvalue weighted by molar-refractivity contribution is 5.90. The van der Waals surface area contributed by atoms with Crippen LogP contribution in [0.25, 0.3) is 33.6 Å². The first kappa shape index (κ1) is 35.3. The van der Waals surface area contributed by atoms with Crippen LogP contribution in [0.5, 0.6) is 0 Å². The first-order valence-electron chi connectivity index (χ1n) is 19.4. The van der Waals surface area contributed by atoms with Crippen molar-refractivity contribution in [2.75, 3.05) is 26.2 Å². The number of nitrogens with one attached hydrogen (secondary N) is 4. The van der Waals surface area contributed by atoms with Crippen molar-refractivity contribution >= 4 is 17.8 Å². The van der Waals surface area contributed by atoms with Crippen LogP contribution in [0.15, 0.2) is 96.2 Å². The zero-order valence-corrected chi connectivity index (χ0v) is 31.3. The molecule has 0 spiro atoms. The van der Waals surface area contributed by atoms with Crippen LogP contribution in [0.1, 0.15) is 81.7 Å². The number of H-pyrrole nitrogens is 2. The normalized spacial score (nSPS) is 19.5. The fourth-order valence-corrected chi connectivity index (χ4v) is 8.09. The largest absolute Gasteiger partial charge is 0.355 e. The SMILES string of the molecule is CC(C)[C@H](NC1=NCCN1)C(=O)N1CCC[C@H]1c1ncc(-c2ccc(-c3ccc(-c4cnc([C@@H]5CCCN5C(=O)[C@H](C)c5ccccc5)[nH]4)cc3)cc2)[nH]1. The number of hydrogen-bond donors (Lipinski definition) is 4. The van der Waals surface area contributed by atoms with Crippen LogP contribution < -0.4 is 10.6 Å². The fourth-order valence-electron chi connectivity index (χ4n) is 8.09. The van der Waals surface area contributed by atoms with E-state index in [1.807, 2.05) is 59.4 Å². The molecule has 3 aliphatic heterocycles. The van der Waals surface area contributed by atoms with E-state index in [-0.39, 0.29) is 41.8 Å². The summed E-state index contributed by atoms with van der Waals surface area (Å²) in [5.74, 6) is 2.53. The van der Waals surface area contributed by atoms with E-state index in [1.165, 1.54) is 0 Å². The van der Waals surface area contributed by atoms with E-state index in [0.29, 0.717) is 12.5 Å². The summed E-state index contributed by atoms with van der Waals surface area (Å²) >= 11 is 0. The molecule has 0 unspecified atom stereocenters. The van der Waals surface area contributed by atoms with Crippen LogP contribution in [0.4, 0.5) is 0 Å². The highest BCUT2D eigenvalue weighted by Gasteiger charge is 2.38. The number of amides is 2. The summed E-state index contributed by atoms with van der Waals surface area (Å²) in [5, 5.41) is 6.58. The van der Waals surface area contributed by atoms with E-state index in [9.17, 15) is 9.59 Å². The van der Waals surface area contributed by atoms with Gasteiger partial charge in [0.1, 0.15) is 17.7 Å². The second-order valence-corrected chi connectivity index (χ2v) is 15.1. The molecule has 3 aliphatic rings. The second-order valence-electron chi connectivity index (χ2n) is 15.1. The number of nitrogens with zero attached hydrogens (tertiary/aromatic N) is 5. The molecule has 54 heavy (non-hydrogen) atoms. The molecule has 0 saturated carbocycles. The molecule has 5 aromatic rings. The molecule has 8 rings (SSSR count). The van der Waals surface area contributed by atoms with E-state index in [2.05, 4.69) is 88.0 Å². The molecule has 0 bridgehead atoms. The van der Waals surface area contributed by atoms with Gasteiger partial charge in [-0.2, -0.15) is 0 Å². The van der Waals surface area contributed by atoms with Gasteiger partial charge in [0.15, 0.2) is 5.96 Å². The van der Waals surface area contributed by atoms with Crippen molar-refractivity contribution in [2.45, 2.75) is 70.5 Å². The Bertz CT molecular complexity index is 2100. The summed E-state index contributed by atoms with van der Waals surface area (Å²) in [6.45, 7) is 9.11. The van der Waals surface area contributed by atoms with E-state index in [1.54, 1.807) is 0 Å². The average molecular weight is 724 g/mol. The molecule has 5 heterocycles. The third-order valence-electron chi connectivity index (χ3n) is 11.2. The quantitative estimate of drug-likeness (QED) is 0.125. The Morgan fingerprint density at radius 1 is 0.704 bits per heavy atom. The molecule has 0 aliphatic carbocycles. The lowest BCUT2D eigenvalue weighted by atomic mass is 9.99. The first-order chi connectivity index (χ1) is 26.3. The number of aromatic amines is 2. The second kappa shape index (κ2) is 15.3. The minimum atomic E-state index is -0.350. The van der Waals surface area contributed by atoms with Crippen molar-refractivity contribution in [3.05, 3.63) is 108 Å². The van der Waals surface area contributed by atoms with Crippen molar-refractivity contribution in [3.63, 3.8) is 0 Å². The van der Waals surface area contributed by atoms with Crippen LogP contribution in [0, 0.1) is 5.92 Å². The van der Waals surface area contributed by atoms with Gasteiger partial charge in [0, 0.05) is 19.6 Å². The summed E-state index contributed by atoms with van der Waals surface area (Å²) in [7, 11) is 0. The molecular weight excluding hydrogens is 675 g/mol. The van der Waals surface area contributed by atoms with Gasteiger partial charge in [-0.15, -0.1) is 0 Å². The molecule has 0 radical (unpaired) electrons. The van der Waals surface area contributed by atoms with Gasteiger partial charge in [0.2, 0.25) is 11.8 Å². The van der Waals surface area contributed by atoms with Crippen LogP contribution in [0.3, 0.4) is 0 Å². The summed E-state index contributed by atoms with van der Waals surface area (Å²) in [6.07, 6.45) is 7.44. The number of likely N-dealkylation sites (tertiary alicyclic amines) is 2. The van der Waals surface area contributed by atoms with Crippen molar-refractivity contribution in [1.29, 1.82) is 0 Å². The molecule has 11 heteroatoms. The number of carbonyl (C=O) groups excluding carboxylic acids is 2. The Hall–Kier alpha value is -5.71. The molecule has 2 aromatic heterocycles. The fraction of sp³-hybridized carbons (Fsp3) is 0.372. The topological polar surface area (TPSA) is 134 Å². The van der Waals surface area contributed by atoms with Crippen molar-refractivity contribution in [3.8, 4) is 33.6 Å². The zero-order valence-electron chi connectivity index (χ0n) is 31.3. The Kier molecular flexibility index (Phi) is 10.0. The predicted molar refractivity (Wildman–Crippen MR) is 211 cm³/mol. The Morgan fingerprint density at radius 2 is 1.22 bits per heavy atom. The lowest BCUT2D eigenvalue weighted by molar-refractivity contribution is -0.135. The molecule has 4 atom stereocenters. The van der Waals surface area contributed by atoms with E-state index >= 15 is 0 Å². The van der Waals surface area contributed by atoms with E-state index in [4.69, 9.17) is 9.97 Å². The highest BCUT2D eigenvalue weighted by Crippen LogP contribution is 2.36.